The smallest absolute Gasteiger partial charge is 0.329 e. The maximum absolute atomic E-state index is 11.0. The van der Waals surface area contributed by atoms with E-state index >= 15 is 0 Å². The van der Waals surface area contributed by atoms with E-state index in [9.17, 15) is 10.1 Å². The summed E-state index contributed by atoms with van der Waals surface area (Å²) in [7, 11) is 0. The number of hydrogen-bond acceptors (Lipinski definition) is 7. The van der Waals surface area contributed by atoms with Gasteiger partial charge in [-0.25, -0.2) is 4.98 Å². The molecule has 0 radical (unpaired) electrons. The van der Waals surface area contributed by atoms with Gasteiger partial charge in [0.25, 0.3) is 0 Å². The summed E-state index contributed by atoms with van der Waals surface area (Å²) in [5, 5.41) is 23.0. The second kappa shape index (κ2) is 7.47. The Balaban J connectivity index is 3.10. The molecule has 1 aromatic rings. The highest BCUT2D eigenvalue weighted by Gasteiger charge is 2.21. The Kier molecular flexibility index (Phi) is 5.94. The first-order valence-electron chi connectivity index (χ1n) is 6.25. The molecule has 8 heteroatoms. The minimum atomic E-state index is -0.515. The fourth-order valence-electron chi connectivity index (χ4n) is 1.58. The average molecular weight is 269 g/mol. The number of aliphatic hydroxyl groups excluding tert-OH is 1. The van der Waals surface area contributed by atoms with Crippen molar-refractivity contribution in [1.82, 2.24) is 9.97 Å². The Morgan fingerprint density at radius 2 is 2.26 bits per heavy atom. The summed E-state index contributed by atoms with van der Waals surface area (Å²) in [4.78, 5) is 20.2. The molecule has 0 saturated carbocycles. The van der Waals surface area contributed by atoms with Crippen molar-refractivity contribution in [1.29, 1.82) is 0 Å². The van der Waals surface area contributed by atoms with Crippen LogP contribution in [-0.2, 0) is 0 Å². The van der Waals surface area contributed by atoms with Gasteiger partial charge >= 0.3 is 5.69 Å². The van der Waals surface area contributed by atoms with E-state index in [1.54, 1.807) is 4.90 Å². The molecule has 0 saturated heterocycles. The van der Waals surface area contributed by atoms with Gasteiger partial charge in [0.2, 0.25) is 11.8 Å². The number of rotatable bonds is 8. The van der Waals surface area contributed by atoms with Crippen LogP contribution >= 0.6 is 0 Å². The minimum Gasteiger partial charge on any atom is -0.395 e. The van der Waals surface area contributed by atoms with E-state index in [1.165, 1.54) is 6.20 Å². The third-order valence-electron chi connectivity index (χ3n) is 2.53. The normalized spacial score (nSPS) is 10.3. The van der Waals surface area contributed by atoms with Crippen LogP contribution in [0, 0.1) is 10.1 Å². The van der Waals surface area contributed by atoms with Crippen molar-refractivity contribution in [2.45, 2.75) is 20.3 Å². The van der Waals surface area contributed by atoms with Crippen LogP contribution in [0.1, 0.15) is 20.3 Å². The molecule has 0 aromatic carbocycles. The summed E-state index contributed by atoms with van der Waals surface area (Å²) in [5.74, 6) is 0.592. The topological polar surface area (TPSA) is 104 Å². The van der Waals surface area contributed by atoms with Crippen LogP contribution < -0.4 is 10.2 Å². The summed E-state index contributed by atoms with van der Waals surface area (Å²) in [6, 6.07) is 0. The molecular weight excluding hydrogens is 250 g/mol. The number of anilines is 2. The quantitative estimate of drug-likeness (QED) is 0.536. The third kappa shape index (κ3) is 4.02. The van der Waals surface area contributed by atoms with E-state index in [-0.39, 0.29) is 18.1 Å². The van der Waals surface area contributed by atoms with Crippen LogP contribution in [0.5, 0.6) is 0 Å². The first-order chi connectivity index (χ1) is 9.13. The van der Waals surface area contributed by atoms with Crippen LogP contribution in [0.2, 0.25) is 0 Å². The number of aromatic nitrogens is 2. The molecule has 1 heterocycles. The van der Waals surface area contributed by atoms with E-state index in [2.05, 4.69) is 15.3 Å². The molecule has 0 unspecified atom stereocenters. The van der Waals surface area contributed by atoms with Gasteiger partial charge in [-0.1, -0.05) is 6.92 Å². The Morgan fingerprint density at radius 3 is 2.79 bits per heavy atom. The molecule has 19 heavy (non-hydrogen) atoms. The number of hydrogen-bond donors (Lipinski definition) is 2. The zero-order valence-corrected chi connectivity index (χ0v) is 11.2. The lowest BCUT2D eigenvalue weighted by Crippen LogP contribution is -2.28. The second-order valence-corrected chi connectivity index (χ2v) is 3.89. The maximum Gasteiger partial charge on any atom is 0.329 e. The van der Waals surface area contributed by atoms with E-state index in [1.807, 2.05) is 13.8 Å². The summed E-state index contributed by atoms with van der Waals surface area (Å²) >= 11 is 0. The number of nitrogens with zero attached hydrogens (tertiary/aromatic N) is 4. The molecule has 1 rings (SSSR count). The van der Waals surface area contributed by atoms with Gasteiger partial charge in [0.1, 0.15) is 6.20 Å². The second-order valence-electron chi connectivity index (χ2n) is 3.89. The highest BCUT2D eigenvalue weighted by molar-refractivity contribution is 5.58. The first-order valence-corrected chi connectivity index (χ1v) is 6.25. The van der Waals surface area contributed by atoms with Gasteiger partial charge in [-0.15, -0.1) is 0 Å². The van der Waals surface area contributed by atoms with Crippen LogP contribution in [-0.4, -0.2) is 46.2 Å². The molecule has 2 N–H and O–H groups in total. The Hall–Kier alpha value is -1.96. The maximum atomic E-state index is 11.0. The number of nitrogens with one attached hydrogen (secondary N) is 1. The highest BCUT2D eigenvalue weighted by Crippen LogP contribution is 2.25. The average Bonchev–Trinajstić information content (AvgIpc) is 2.42. The van der Waals surface area contributed by atoms with E-state index in [4.69, 9.17) is 5.11 Å². The Bertz CT molecular complexity index is 427. The molecule has 0 amide bonds. The van der Waals surface area contributed by atoms with Crippen molar-refractivity contribution >= 4 is 17.5 Å². The highest BCUT2D eigenvalue weighted by atomic mass is 16.6. The number of nitro groups is 1. The van der Waals surface area contributed by atoms with Crippen molar-refractivity contribution in [3.05, 3.63) is 16.3 Å². The van der Waals surface area contributed by atoms with Crippen LogP contribution in [0.15, 0.2) is 6.20 Å². The summed E-state index contributed by atoms with van der Waals surface area (Å²) in [6.45, 7) is 5.27. The molecule has 0 atom stereocenters. The fraction of sp³-hybridized carbons (Fsp3) is 0.636. The van der Waals surface area contributed by atoms with E-state index in [0.717, 1.165) is 6.42 Å². The lowest BCUT2D eigenvalue weighted by atomic mass is 10.4. The van der Waals surface area contributed by atoms with Crippen molar-refractivity contribution in [2.24, 2.45) is 0 Å². The summed E-state index contributed by atoms with van der Waals surface area (Å²) in [5.41, 5.74) is -0.155. The molecule has 1 aromatic heterocycles. The molecule has 0 spiro atoms. The van der Waals surface area contributed by atoms with Crippen molar-refractivity contribution in [2.75, 3.05) is 36.5 Å². The van der Waals surface area contributed by atoms with Crippen LogP contribution in [0.25, 0.3) is 0 Å². The summed E-state index contributed by atoms with van der Waals surface area (Å²) in [6.07, 6.45) is 2.10. The van der Waals surface area contributed by atoms with Gasteiger partial charge in [-0.05, 0) is 13.3 Å². The number of likely N-dealkylation sites (N-methyl/N-ethyl adjacent to an activating group) is 1. The Labute approximate surface area is 111 Å². The molecule has 0 fully saturated rings. The molecule has 0 bridgehead atoms. The minimum absolute atomic E-state index is 0.0906. The Morgan fingerprint density at radius 1 is 1.53 bits per heavy atom. The van der Waals surface area contributed by atoms with Crippen LogP contribution in [0.4, 0.5) is 17.5 Å². The molecular formula is C11H19N5O3. The lowest BCUT2D eigenvalue weighted by Gasteiger charge is -2.20. The zero-order valence-electron chi connectivity index (χ0n) is 11.2. The molecule has 0 aliphatic carbocycles. The van der Waals surface area contributed by atoms with Crippen molar-refractivity contribution in [3.8, 4) is 0 Å². The monoisotopic (exact) mass is 269 g/mol. The predicted octanol–water partition coefficient (Wildman–Crippen LogP) is 1.03. The van der Waals surface area contributed by atoms with Gasteiger partial charge in [-0.3, -0.25) is 10.1 Å². The largest absolute Gasteiger partial charge is 0.395 e. The first kappa shape index (κ1) is 15.1. The standard InChI is InChI=1S/C11H19N5O3/c1-3-5-12-11-13-8-9(16(18)19)10(14-11)15(4-2)6-7-17/h8,17H,3-7H2,1-2H3,(H,12,13,14). The predicted molar refractivity (Wildman–Crippen MR) is 72.4 cm³/mol. The van der Waals surface area contributed by atoms with E-state index < -0.39 is 4.92 Å². The van der Waals surface area contributed by atoms with Gasteiger partial charge in [0.15, 0.2) is 0 Å². The van der Waals surface area contributed by atoms with Crippen molar-refractivity contribution in [3.63, 3.8) is 0 Å². The molecule has 8 nitrogen and oxygen atoms in total. The van der Waals surface area contributed by atoms with Gasteiger partial charge in [-0.2, -0.15) is 4.98 Å². The fourth-order valence-corrected chi connectivity index (χ4v) is 1.58. The van der Waals surface area contributed by atoms with Crippen molar-refractivity contribution < 1.29 is 10.0 Å². The molecule has 0 aliphatic rings. The van der Waals surface area contributed by atoms with Gasteiger partial charge < -0.3 is 15.3 Å². The third-order valence-corrected chi connectivity index (χ3v) is 2.53. The molecule has 0 aliphatic heterocycles. The van der Waals surface area contributed by atoms with Crippen LogP contribution in [0.3, 0.4) is 0 Å². The lowest BCUT2D eigenvalue weighted by molar-refractivity contribution is -0.384. The molecule has 106 valence electrons. The number of aliphatic hydroxyl groups is 1. The van der Waals surface area contributed by atoms with Gasteiger partial charge in [0.05, 0.1) is 11.5 Å². The SMILES string of the molecule is CCCNc1ncc([N+](=O)[O-])c(N(CC)CCO)n1. The zero-order chi connectivity index (χ0) is 14.3. The van der Waals surface area contributed by atoms with Gasteiger partial charge in [0, 0.05) is 19.6 Å². The summed E-state index contributed by atoms with van der Waals surface area (Å²) < 4.78 is 0. The van der Waals surface area contributed by atoms with E-state index in [0.29, 0.717) is 25.6 Å².